The van der Waals surface area contributed by atoms with Gasteiger partial charge in [0.1, 0.15) is 0 Å². The molecule has 0 radical (unpaired) electrons. The second kappa shape index (κ2) is 2.64. The molecule has 0 aromatic carbocycles. The summed E-state index contributed by atoms with van der Waals surface area (Å²) in [4.78, 5) is 23.9. The predicted molar refractivity (Wildman–Crippen MR) is 40.7 cm³/mol. The number of carbonyl (C=O) groups excluding carboxylic acids is 2. The van der Waals surface area contributed by atoms with Crippen molar-refractivity contribution in [3.05, 3.63) is 0 Å². The molecule has 1 saturated heterocycles. The summed E-state index contributed by atoms with van der Waals surface area (Å²) in [6, 6.07) is 0. The molecule has 2 atom stereocenters. The van der Waals surface area contributed by atoms with E-state index >= 15 is 0 Å². The van der Waals surface area contributed by atoms with Crippen molar-refractivity contribution in [2.45, 2.75) is 20.8 Å². The fourth-order valence-corrected chi connectivity index (χ4v) is 1.34. The minimum Gasteiger partial charge on any atom is -0.282 e. The minimum absolute atomic E-state index is 0.0231. The highest BCUT2D eigenvalue weighted by Crippen LogP contribution is 2.24. The van der Waals surface area contributed by atoms with Gasteiger partial charge in [-0.3, -0.25) is 14.5 Å². The van der Waals surface area contributed by atoms with E-state index < -0.39 is 0 Å². The lowest BCUT2D eigenvalue weighted by atomic mass is 10.00. The molecule has 2 amide bonds. The molecule has 0 aromatic heterocycles. The number of hydrogen-bond acceptors (Lipinski definition) is 2. The second-order valence-corrected chi connectivity index (χ2v) is 3.00. The van der Waals surface area contributed by atoms with Gasteiger partial charge in [0.2, 0.25) is 11.8 Å². The Kier molecular flexibility index (Phi) is 1.98. The van der Waals surface area contributed by atoms with Gasteiger partial charge in [0.05, 0.1) is 0 Å². The fraction of sp³-hybridized carbons (Fsp3) is 0.750. The quantitative estimate of drug-likeness (QED) is 0.521. The van der Waals surface area contributed by atoms with Crippen LogP contribution in [0.1, 0.15) is 20.8 Å². The van der Waals surface area contributed by atoms with Crippen molar-refractivity contribution < 1.29 is 9.59 Å². The largest absolute Gasteiger partial charge is 0.282 e. The van der Waals surface area contributed by atoms with Crippen LogP contribution in [0.25, 0.3) is 0 Å². The topological polar surface area (TPSA) is 37.4 Å². The van der Waals surface area contributed by atoms with Crippen LogP contribution in [0.2, 0.25) is 0 Å². The van der Waals surface area contributed by atoms with Crippen molar-refractivity contribution in [2.24, 2.45) is 11.8 Å². The summed E-state index contributed by atoms with van der Waals surface area (Å²) in [6.45, 7) is 5.94. The van der Waals surface area contributed by atoms with Crippen LogP contribution in [0.3, 0.4) is 0 Å². The van der Waals surface area contributed by atoms with Crippen LogP contribution < -0.4 is 0 Å². The molecule has 0 N–H and O–H groups in total. The number of hydrogen-bond donors (Lipinski definition) is 0. The first kappa shape index (κ1) is 8.24. The van der Waals surface area contributed by atoms with Crippen LogP contribution >= 0.6 is 0 Å². The van der Waals surface area contributed by atoms with E-state index in [4.69, 9.17) is 0 Å². The molecule has 0 bridgehead atoms. The Bertz CT molecular complexity index is 180. The van der Waals surface area contributed by atoms with Gasteiger partial charge in [0, 0.05) is 18.4 Å². The van der Waals surface area contributed by atoms with E-state index in [2.05, 4.69) is 0 Å². The first-order valence-corrected chi connectivity index (χ1v) is 3.94. The van der Waals surface area contributed by atoms with Crippen molar-refractivity contribution >= 4 is 11.8 Å². The maximum absolute atomic E-state index is 11.3. The van der Waals surface area contributed by atoms with E-state index in [9.17, 15) is 9.59 Å². The number of nitrogens with zero attached hydrogens (tertiary/aromatic N) is 1. The normalized spacial score (nSPS) is 31.7. The van der Waals surface area contributed by atoms with E-state index in [1.807, 2.05) is 6.92 Å². The lowest BCUT2D eigenvalue weighted by Gasteiger charge is -2.09. The molecular formula is C8H13NO2. The van der Waals surface area contributed by atoms with Gasteiger partial charge in [-0.05, 0) is 6.92 Å². The number of amides is 2. The molecule has 1 rings (SSSR count). The average Bonchev–Trinajstić information content (AvgIpc) is 2.17. The van der Waals surface area contributed by atoms with E-state index in [0.717, 1.165) is 0 Å². The van der Waals surface area contributed by atoms with Crippen LogP contribution in [0.4, 0.5) is 0 Å². The summed E-state index contributed by atoms with van der Waals surface area (Å²) >= 11 is 0. The third kappa shape index (κ3) is 1.04. The van der Waals surface area contributed by atoms with Gasteiger partial charge in [0.15, 0.2) is 0 Å². The summed E-state index contributed by atoms with van der Waals surface area (Å²) in [7, 11) is 0. The van der Waals surface area contributed by atoms with Gasteiger partial charge < -0.3 is 0 Å². The molecule has 11 heavy (non-hydrogen) atoms. The SMILES string of the molecule is CCN1C(=O)[C@@H](C)[C@@H](C)C1=O. The maximum Gasteiger partial charge on any atom is 0.232 e. The Morgan fingerprint density at radius 1 is 1.18 bits per heavy atom. The molecule has 1 aliphatic heterocycles. The van der Waals surface area contributed by atoms with Gasteiger partial charge in [-0.25, -0.2) is 0 Å². The van der Waals surface area contributed by atoms with Crippen molar-refractivity contribution in [1.29, 1.82) is 0 Å². The standard InChI is InChI=1S/C8H13NO2/c1-4-9-7(10)5(2)6(3)8(9)11/h5-6H,4H2,1-3H3/t5-,6+. The molecule has 0 aliphatic carbocycles. The molecule has 1 fully saturated rings. The smallest absolute Gasteiger partial charge is 0.232 e. The first-order valence-electron chi connectivity index (χ1n) is 3.94. The molecule has 0 spiro atoms. The van der Waals surface area contributed by atoms with Crippen LogP contribution in [0.5, 0.6) is 0 Å². The van der Waals surface area contributed by atoms with Gasteiger partial charge >= 0.3 is 0 Å². The zero-order valence-electron chi connectivity index (χ0n) is 7.13. The second-order valence-electron chi connectivity index (χ2n) is 3.00. The Balaban J connectivity index is 2.86. The van der Waals surface area contributed by atoms with Crippen molar-refractivity contribution in [2.75, 3.05) is 6.54 Å². The van der Waals surface area contributed by atoms with Crippen LogP contribution in [-0.2, 0) is 9.59 Å². The molecular weight excluding hydrogens is 142 g/mol. The zero-order valence-corrected chi connectivity index (χ0v) is 7.13. The number of imide groups is 1. The predicted octanol–water partition coefficient (Wildman–Crippen LogP) is 0.647. The van der Waals surface area contributed by atoms with Crippen LogP contribution in [0, 0.1) is 11.8 Å². The summed E-state index contributed by atoms with van der Waals surface area (Å²) in [5.41, 5.74) is 0. The van der Waals surface area contributed by atoms with E-state index in [1.165, 1.54) is 4.90 Å². The lowest BCUT2D eigenvalue weighted by molar-refractivity contribution is -0.139. The Morgan fingerprint density at radius 2 is 1.55 bits per heavy atom. The van der Waals surface area contributed by atoms with Crippen LogP contribution in [-0.4, -0.2) is 23.3 Å². The molecule has 0 saturated carbocycles. The van der Waals surface area contributed by atoms with Gasteiger partial charge in [0.25, 0.3) is 0 Å². The Labute approximate surface area is 66.4 Å². The molecule has 62 valence electrons. The lowest BCUT2D eigenvalue weighted by Crippen LogP contribution is -2.30. The third-order valence-corrected chi connectivity index (χ3v) is 2.38. The summed E-state index contributed by atoms with van der Waals surface area (Å²) in [6.07, 6.45) is 0. The highest BCUT2D eigenvalue weighted by Gasteiger charge is 2.40. The Hall–Kier alpha value is -0.860. The van der Waals surface area contributed by atoms with Gasteiger partial charge in [-0.1, -0.05) is 13.8 Å². The third-order valence-electron chi connectivity index (χ3n) is 2.38. The highest BCUT2D eigenvalue weighted by molar-refractivity contribution is 6.04. The van der Waals surface area contributed by atoms with Crippen molar-refractivity contribution in [1.82, 2.24) is 4.90 Å². The first-order chi connectivity index (χ1) is 5.09. The van der Waals surface area contributed by atoms with Crippen molar-refractivity contribution in [3.8, 4) is 0 Å². The monoisotopic (exact) mass is 155 g/mol. The van der Waals surface area contributed by atoms with Gasteiger partial charge in [-0.2, -0.15) is 0 Å². The number of likely N-dealkylation sites (tertiary alicyclic amines) is 1. The van der Waals surface area contributed by atoms with Crippen molar-refractivity contribution in [3.63, 3.8) is 0 Å². The molecule has 3 nitrogen and oxygen atoms in total. The number of carbonyl (C=O) groups is 2. The Morgan fingerprint density at radius 3 is 1.73 bits per heavy atom. The average molecular weight is 155 g/mol. The molecule has 1 heterocycles. The van der Waals surface area contributed by atoms with Gasteiger partial charge in [-0.15, -0.1) is 0 Å². The van der Waals surface area contributed by atoms with E-state index in [-0.39, 0.29) is 23.7 Å². The molecule has 1 aliphatic rings. The summed E-state index contributed by atoms with van der Waals surface area (Å²) < 4.78 is 0. The van der Waals surface area contributed by atoms with Crippen LogP contribution in [0.15, 0.2) is 0 Å². The van der Waals surface area contributed by atoms with E-state index in [0.29, 0.717) is 6.54 Å². The molecule has 0 aromatic rings. The number of rotatable bonds is 1. The summed E-state index contributed by atoms with van der Waals surface area (Å²) in [5, 5.41) is 0. The molecule has 0 unspecified atom stereocenters. The zero-order chi connectivity index (χ0) is 8.59. The maximum atomic E-state index is 11.3. The molecule has 3 heteroatoms. The fourth-order valence-electron chi connectivity index (χ4n) is 1.34. The summed E-state index contributed by atoms with van der Waals surface area (Å²) in [5.74, 6) is -0.292. The minimum atomic E-state index is -0.123. The van der Waals surface area contributed by atoms with E-state index in [1.54, 1.807) is 13.8 Å². The highest BCUT2D eigenvalue weighted by atomic mass is 16.2.